The largest absolute Gasteiger partial charge is 0.337 e. The highest BCUT2D eigenvalue weighted by molar-refractivity contribution is 7.99. The average Bonchev–Trinajstić information content (AvgIpc) is 3.08. The number of carbonyl (C=O) groups excluding carboxylic acids is 1. The van der Waals surface area contributed by atoms with Gasteiger partial charge in [-0.1, -0.05) is 43.0 Å². The van der Waals surface area contributed by atoms with Crippen molar-refractivity contribution in [3.63, 3.8) is 0 Å². The Morgan fingerprint density at radius 1 is 1.20 bits per heavy atom. The molecule has 4 rings (SSSR count). The molecule has 2 N–H and O–H groups in total. The van der Waals surface area contributed by atoms with Gasteiger partial charge in [0.05, 0.1) is 21.7 Å². The number of hydrogen-bond donors (Lipinski definition) is 1. The molecular formula is C21H24N4O3S2. The van der Waals surface area contributed by atoms with E-state index in [1.165, 1.54) is 35.0 Å². The number of hydrogen-bond acceptors (Lipinski definition) is 5. The highest BCUT2D eigenvalue weighted by Crippen LogP contribution is 2.27. The lowest BCUT2D eigenvalue weighted by atomic mass is 10.00. The quantitative estimate of drug-likeness (QED) is 0.590. The maximum atomic E-state index is 12.8. The van der Waals surface area contributed by atoms with Crippen molar-refractivity contribution < 1.29 is 13.2 Å². The second kappa shape index (κ2) is 8.41. The molecule has 0 radical (unpaired) electrons. The third-order valence-electron chi connectivity index (χ3n) is 5.27. The van der Waals surface area contributed by atoms with Crippen LogP contribution in [0.4, 0.5) is 0 Å². The normalized spacial score (nSPS) is 14.1. The summed E-state index contributed by atoms with van der Waals surface area (Å²) < 4.78 is 25.4. The molecule has 2 heterocycles. The van der Waals surface area contributed by atoms with E-state index in [0.29, 0.717) is 17.2 Å². The molecule has 0 fully saturated rings. The van der Waals surface area contributed by atoms with Crippen LogP contribution in [0.25, 0.3) is 11.0 Å². The standard InChI is InChI=1S/C21H24N4O3S2/c1-2-10-25-19-8-7-17(30(22,27)28)12-18(19)23-21(25)29-14-20(26)24-11-9-15-5-3-4-6-16(15)13-24/h3-8,12H,2,9-11,13-14H2,1H3,(H2,22,27,28). The summed E-state index contributed by atoms with van der Waals surface area (Å²) in [6.07, 6.45) is 1.77. The number of amides is 1. The number of rotatable bonds is 6. The molecule has 0 spiro atoms. The smallest absolute Gasteiger partial charge is 0.238 e. The van der Waals surface area contributed by atoms with Crippen LogP contribution in [0.2, 0.25) is 0 Å². The summed E-state index contributed by atoms with van der Waals surface area (Å²) in [5.41, 5.74) is 3.92. The maximum absolute atomic E-state index is 12.8. The number of sulfonamides is 1. The number of nitrogens with two attached hydrogens (primary N) is 1. The molecule has 158 valence electrons. The number of aromatic nitrogens is 2. The molecule has 0 saturated carbocycles. The van der Waals surface area contributed by atoms with Gasteiger partial charge in [0.2, 0.25) is 15.9 Å². The number of imidazole rings is 1. The maximum Gasteiger partial charge on any atom is 0.238 e. The van der Waals surface area contributed by atoms with Gasteiger partial charge in [-0.15, -0.1) is 0 Å². The van der Waals surface area contributed by atoms with Crippen molar-refractivity contribution in [2.24, 2.45) is 5.14 Å². The third-order valence-corrected chi connectivity index (χ3v) is 7.14. The van der Waals surface area contributed by atoms with Gasteiger partial charge >= 0.3 is 0 Å². The first-order chi connectivity index (χ1) is 14.4. The van der Waals surface area contributed by atoms with Crippen molar-refractivity contribution >= 4 is 38.7 Å². The van der Waals surface area contributed by atoms with E-state index < -0.39 is 10.0 Å². The zero-order valence-corrected chi connectivity index (χ0v) is 18.4. The van der Waals surface area contributed by atoms with Gasteiger partial charge in [-0.2, -0.15) is 0 Å². The Labute approximate surface area is 180 Å². The van der Waals surface area contributed by atoms with Gasteiger partial charge in [-0.05, 0) is 42.2 Å². The molecular weight excluding hydrogens is 420 g/mol. The molecule has 9 heteroatoms. The Hall–Kier alpha value is -2.36. The van der Waals surface area contributed by atoms with Gasteiger partial charge in [-0.25, -0.2) is 18.5 Å². The molecule has 1 aliphatic rings. The van der Waals surface area contributed by atoms with E-state index >= 15 is 0 Å². The summed E-state index contributed by atoms with van der Waals surface area (Å²) >= 11 is 1.39. The molecule has 2 aromatic carbocycles. The number of carbonyl (C=O) groups is 1. The summed E-state index contributed by atoms with van der Waals surface area (Å²) in [5, 5.41) is 5.96. The monoisotopic (exact) mass is 444 g/mol. The Morgan fingerprint density at radius 3 is 2.70 bits per heavy atom. The summed E-state index contributed by atoms with van der Waals surface area (Å²) in [6.45, 7) is 4.16. The molecule has 0 aliphatic carbocycles. The van der Waals surface area contributed by atoms with Gasteiger partial charge in [0, 0.05) is 19.6 Å². The van der Waals surface area contributed by atoms with Crippen molar-refractivity contribution in [3.8, 4) is 0 Å². The number of nitrogens with zero attached hydrogens (tertiary/aromatic N) is 3. The van der Waals surface area contributed by atoms with E-state index in [0.717, 1.165) is 31.4 Å². The lowest BCUT2D eigenvalue weighted by Gasteiger charge is -2.28. The van der Waals surface area contributed by atoms with Crippen LogP contribution in [0.5, 0.6) is 0 Å². The number of primary sulfonamides is 1. The van der Waals surface area contributed by atoms with Gasteiger partial charge in [0.1, 0.15) is 0 Å². The van der Waals surface area contributed by atoms with Crippen molar-refractivity contribution in [1.82, 2.24) is 14.5 Å². The van der Waals surface area contributed by atoms with Crippen molar-refractivity contribution in [2.45, 2.75) is 42.9 Å². The second-order valence-corrected chi connectivity index (χ2v) is 9.87. The van der Waals surface area contributed by atoms with E-state index in [2.05, 4.69) is 24.0 Å². The molecule has 0 saturated heterocycles. The van der Waals surface area contributed by atoms with Crippen LogP contribution in [-0.2, 0) is 34.3 Å². The molecule has 1 amide bonds. The lowest BCUT2D eigenvalue weighted by molar-refractivity contribution is -0.129. The minimum Gasteiger partial charge on any atom is -0.337 e. The average molecular weight is 445 g/mol. The topological polar surface area (TPSA) is 98.3 Å². The third kappa shape index (κ3) is 4.23. The molecule has 3 aromatic rings. The number of benzene rings is 2. The number of aryl methyl sites for hydroxylation is 1. The molecule has 0 unspecified atom stereocenters. The number of thioether (sulfide) groups is 1. The van der Waals surface area contributed by atoms with E-state index in [1.54, 1.807) is 6.07 Å². The van der Waals surface area contributed by atoms with Gasteiger partial charge in [0.15, 0.2) is 5.16 Å². The Kier molecular flexibility index (Phi) is 5.86. The first-order valence-corrected chi connectivity index (χ1v) is 12.4. The Bertz CT molecular complexity index is 1200. The molecule has 1 aliphatic heterocycles. The zero-order chi connectivity index (χ0) is 21.3. The lowest BCUT2D eigenvalue weighted by Crippen LogP contribution is -2.37. The summed E-state index contributed by atoms with van der Waals surface area (Å²) in [6, 6.07) is 12.9. The van der Waals surface area contributed by atoms with Crippen LogP contribution < -0.4 is 5.14 Å². The first-order valence-electron chi connectivity index (χ1n) is 9.87. The minimum absolute atomic E-state index is 0.0377. The summed E-state index contributed by atoms with van der Waals surface area (Å²) in [5.74, 6) is 0.367. The van der Waals surface area contributed by atoms with Crippen LogP contribution in [0.1, 0.15) is 24.5 Å². The molecule has 30 heavy (non-hydrogen) atoms. The summed E-state index contributed by atoms with van der Waals surface area (Å²) in [4.78, 5) is 19.3. The predicted molar refractivity (Wildman–Crippen MR) is 118 cm³/mol. The Morgan fingerprint density at radius 2 is 1.97 bits per heavy atom. The van der Waals surface area contributed by atoms with E-state index in [1.807, 2.05) is 21.6 Å². The molecule has 1 aromatic heterocycles. The summed E-state index contributed by atoms with van der Waals surface area (Å²) in [7, 11) is -3.79. The van der Waals surface area contributed by atoms with Crippen molar-refractivity contribution in [3.05, 3.63) is 53.6 Å². The van der Waals surface area contributed by atoms with Gasteiger partial charge in [0.25, 0.3) is 0 Å². The van der Waals surface area contributed by atoms with Crippen molar-refractivity contribution in [2.75, 3.05) is 12.3 Å². The van der Waals surface area contributed by atoms with E-state index in [9.17, 15) is 13.2 Å². The van der Waals surface area contributed by atoms with Crippen LogP contribution in [0, 0.1) is 0 Å². The zero-order valence-electron chi connectivity index (χ0n) is 16.7. The second-order valence-electron chi connectivity index (χ2n) is 7.36. The molecule has 7 nitrogen and oxygen atoms in total. The first kappa shape index (κ1) is 20.9. The highest BCUT2D eigenvalue weighted by Gasteiger charge is 2.22. The highest BCUT2D eigenvalue weighted by atomic mass is 32.2. The van der Waals surface area contributed by atoms with Crippen LogP contribution in [0.15, 0.2) is 52.5 Å². The van der Waals surface area contributed by atoms with E-state index in [-0.39, 0.29) is 16.6 Å². The number of fused-ring (bicyclic) bond motifs is 2. The SMILES string of the molecule is CCCn1c(SCC(=O)N2CCc3ccccc3C2)nc2cc(S(N)(=O)=O)ccc21. The fraction of sp³-hybridized carbons (Fsp3) is 0.333. The molecule has 0 bridgehead atoms. The van der Waals surface area contributed by atoms with Crippen LogP contribution >= 0.6 is 11.8 Å². The Balaban J connectivity index is 1.53. The fourth-order valence-corrected chi connectivity index (χ4v) is 5.22. The van der Waals surface area contributed by atoms with Gasteiger partial charge < -0.3 is 9.47 Å². The fourth-order valence-electron chi connectivity index (χ4n) is 3.74. The van der Waals surface area contributed by atoms with Crippen molar-refractivity contribution in [1.29, 1.82) is 0 Å². The minimum atomic E-state index is -3.79. The predicted octanol–water partition coefficient (Wildman–Crippen LogP) is 2.77. The molecule has 0 atom stereocenters. The van der Waals surface area contributed by atoms with Crippen LogP contribution in [0.3, 0.4) is 0 Å². The van der Waals surface area contributed by atoms with E-state index in [4.69, 9.17) is 5.14 Å². The van der Waals surface area contributed by atoms with Gasteiger partial charge in [-0.3, -0.25) is 4.79 Å². The van der Waals surface area contributed by atoms with Crippen LogP contribution in [-0.4, -0.2) is 41.1 Å².